The van der Waals surface area contributed by atoms with Gasteiger partial charge in [0.05, 0.1) is 0 Å². The van der Waals surface area contributed by atoms with Crippen molar-refractivity contribution >= 4 is 57.2 Å². The monoisotopic (exact) mass is 1010 g/mol. The van der Waals surface area contributed by atoms with Gasteiger partial charge in [-0.15, -0.1) is 0 Å². The molecule has 18 rings (SSSR count). The Bertz CT molecular complexity index is 4200. The first kappa shape index (κ1) is 45.1. The highest BCUT2D eigenvalue weighted by Crippen LogP contribution is 2.62. The van der Waals surface area contributed by atoms with Gasteiger partial charge in [-0.1, -0.05) is 200 Å². The minimum Gasteiger partial charge on any atom is -0.311 e. The van der Waals surface area contributed by atoms with Crippen molar-refractivity contribution in [3.05, 3.63) is 260 Å². The van der Waals surface area contributed by atoms with E-state index in [-0.39, 0.29) is 12.1 Å². The maximum atomic E-state index is 2.71. The Morgan fingerprint density at radius 1 is 0.291 bits per heavy atom. The fourth-order valence-electron chi connectivity index (χ4n) is 16.4. The average molecular weight is 1010 g/mol. The molecule has 0 atom stereocenters. The molecule has 11 aromatic rings. The predicted molar refractivity (Wildman–Crippen MR) is 332 cm³/mol. The molecule has 3 heteroatoms. The van der Waals surface area contributed by atoms with Crippen LogP contribution < -0.4 is 26.2 Å². The molecule has 4 bridgehead atoms. The van der Waals surface area contributed by atoms with Crippen molar-refractivity contribution in [2.45, 2.75) is 43.9 Å². The van der Waals surface area contributed by atoms with Crippen LogP contribution in [-0.2, 0) is 5.41 Å². The van der Waals surface area contributed by atoms with Gasteiger partial charge < -0.3 is 9.80 Å². The van der Waals surface area contributed by atoms with Crippen LogP contribution in [0.3, 0.4) is 0 Å². The SMILES string of the molecule is c1ccc(-c2ccc(N3c4ccc(-c5ccc6c(c5)-c5ccccc5-c5ccccc5-c5ccccc5-6)cc4B4c5ccc(-c6ccccc6)cc5N(c5ccccc5)c5cc(C67CC8CC(CC(C8)C6)C7)cc3c54)cc2)cc1. The third-order valence-corrected chi connectivity index (χ3v) is 19.4. The third-order valence-electron chi connectivity index (χ3n) is 19.4. The molecule has 0 saturated heterocycles. The van der Waals surface area contributed by atoms with E-state index in [1.54, 1.807) is 5.56 Å². The molecule has 0 amide bonds. The molecule has 0 radical (unpaired) electrons. The Kier molecular flexibility index (Phi) is 10.0. The molecule has 0 spiro atoms. The van der Waals surface area contributed by atoms with Crippen molar-refractivity contribution in [3.8, 4) is 77.9 Å². The van der Waals surface area contributed by atoms with E-state index in [1.807, 2.05) is 0 Å². The zero-order valence-electron chi connectivity index (χ0n) is 44.2. The second-order valence-electron chi connectivity index (χ2n) is 23.8. The summed E-state index contributed by atoms with van der Waals surface area (Å²) in [7, 11) is 0. The van der Waals surface area contributed by atoms with Gasteiger partial charge in [0.25, 0.3) is 6.71 Å². The summed E-state index contributed by atoms with van der Waals surface area (Å²) >= 11 is 0. The van der Waals surface area contributed by atoms with Crippen LogP contribution in [0.5, 0.6) is 0 Å². The van der Waals surface area contributed by atoms with Crippen molar-refractivity contribution in [2.24, 2.45) is 17.8 Å². The van der Waals surface area contributed by atoms with Crippen LogP contribution in [0.1, 0.15) is 44.1 Å². The van der Waals surface area contributed by atoms with Gasteiger partial charge in [0.2, 0.25) is 0 Å². The molecule has 374 valence electrons. The van der Waals surface area contributed by atoms with E-state index in [1.165, 1.54) is 167 Å². The molecule has 11 aromatic carbocycles. The van der Waals surface area contributed by atoms with E-state index in [0.29, 0.717) is 0 Å². The molecule has 2 heterocycles. The largest absolute Gasteiger partial charge is 0.311 e. The number of rotatable bonds is 6. The third kappa shape index (κ3) is 7.04. The smallest absolute Gasteiger partial charge is 0.252 e. The topological polar surface area (TPSA) is 6.48 Å². The fourth-order valence-corrected chi connectivity index (χ4v) is 16.4. The maximum absolute atomic E-state index is 2.71. The molecule has 79 heavy (non-hydrogen) atoms. The van der Waals surface area contributed by atoms with Crippen LogP contribution in [-0.4, -0.2) is 6.71 Å². The van der Waals surface area contributed by atoms with Crippen LogP contribution in [0.15, 0.2) is 255 Å². The Morgan fingerprint density at radius 2 is 0.696 bits per heavy atom. The Balaban J connectivity index is 0.923. The van der Waals surface area contributed by atoms with E-state index >= 15 is 0 Å². The highest BCUT2D eigenvalue weighted by molar-refractivity contribution is 7.00. The predicted octanol–water partition coefficient (Wildman–Crippen LogP) is 18.2. The molecule has 4 fully saturated rings. The summed E-state index contributed by atoms with van der Waals surface area (Å²) in [6.45, 7) is -0.0292. The van der Waals surface area contributed by atoms with Crippen LogP contribution in [0.4, 0.5) is 34.1 Å². The van der Waals surface area contributed by atoms with Crippen LogP contribution >= 0.6 is 0 Å². The molecular weight excluding hydrogens is 952 g/mol. The lowest BCUT2D eigenvalue weighted by Crippen LogP contribution is -2.61. The van der Waals surface area contributed by atoms with Crippen molar-refractivity contribution < 1.29 is 0 Å². The zero-order chi connectivity index (χ0) is 51.8. The van der Waals surface area contributed by atoms with Crippen LogP contribution in [0.25, 0.3) is 77.9 Å². The highest BCUT2D eigenvalue weighted by Gasteiger charge is 2.53. The molecule has 4 saturated carbocycles. The molecule has 0 unspecified atom stereocenters. The molecule has 2 aliphatic heterocycles. The van der Waals surface area contributed by atoms with Gasteiger partial charge in [0, 0.05) is 34.1 Å². The van der Waals surface area contributed by atoms with E-state index in [9.17, 15) is 0 Å². The van der Waals surface area contributed by atoms with Crippen molar-refractivity contribution in [1.29, 1.82) is 0 Å². The summed E-state index contributed by atoms with van der Waals surface area (Å²) in [5.41, 5.74) is 30.7. The molecule has 2 nitrogen and oxygen atoms in total. The van der Waals surface area contributed by atoms with E-state index in [0.717, 1.165) is 17.8 Å². The summed E-state index contributed by atoms with van der Waals surface area (Å²) in [4.78, 5) is 5.31. The summed E-state index contributed by atoms with van der Waals surface area (Å²) in [6.07, 6.45) is 8.15. The van der Waals surface area contributed by atoms with Gasteiger partial charge in [0.1, 0.15) is 0 Å². The van der Waals surface area contributed by atoms with Crippen molar-refractivity contribution in [1.82, 2.24) is 0 Å². The van der Waals surface area contributed by atoms with E-state index in [4.69, 9.17) is 0 Å². The normalized spacial score (nSPS) is 19.4. The molecule has 5 aliphatic carbocycles. The number of hydrogen-bond acceptors (Lipinski definition) is 2. The molecule has 7 aliphatic rings. The quantitative estimate of drug-likeness (QED) is 0.153. The van der Waals surface area contributed by atoms with E-state index < -0.39 is 0 Å². The number of benzene rings is 11. The molecular formula is C76H57BN2. The first-order chi connectivity index (χ1) is 39.1. The molecule has 0 aromatic heterocycles. The van der Waals surface area contributed by atoms with Gasteiger partial charge >= 0.3 is 0 Å². The number of anilines is 6. The van der Waals surface area contributed by atoms with Gasteiger partial charge in [-0.25, -0.2) is 0 Å². The lowest BCUT2D eigenvalue weighted by atomic mass is 9.33. The Morgan fingerprint density at radius 3 is 1.27 bits per heavy atom. The fraction of sp³-hybridized carbons (Fsp3) is 0.132. The van der Waals surface area contributed by atoms with Crippen molar-refractivity contribution in [3.63, 3.8) is 0 Å². The lowest BCUT2D eigenvalue weighted by molar-refractivity contribution is -0.00514. The lowest BCUT2D eigenvalue weighted by Gasteiger charge is -2.57. The Hall–Kier alpha value is -8.92. The van der Waals surface area contributed by atoms with Crippen molar-refractivity contribution in [2.75, 3.05) is 9.80 Å². The van der Waals surface area contributed by atoms with Crippen LogP contribution in [0, 0.1) is 17.8 Å². The minimum absolute atomic E-state index is 0.0292. The first-order valence-electron chi connectivity index (χ1n) is 28.8. The maximum Gasteiger partial charge on any atom is 0.252 e. The van der Waals surface area contributed by atoms with Gasteiger partial charge in [-0.2, -0.15) is 0 Å². The second-order valence-corrected chi connectivity index (χ2v) is 23.8. The van der Waals surface area contributed by atoms with Gasteiger partial charge in [-0.05, 0) is 216 Å². The number of nitrogens with zero attached hydrogens (tertiary/aromatic N) is 2. The van der Waals surface area contributed by atoms with Crippen LogP contribution in [0.2, 0.25) is 0 Å². The van der Waals surface area contributed by atoms with Gasteiger partial charge in [-0.3, -0.25) is 0 Å². The zero-order valence-corrected chi connectivity index (χ0v) is 44.2. The highest BCUT2D eigenvalue weighted by atomic mass is 15.2. The average Bonchev–Trinajstić information content (AvgIpc) is 3.57. The summed E-state index contributed by atoms with van der Waals surface area (Å²) in [6, 6.07) is 97.0. The summed E-state index contributed by atoms with van der Waals surface area (Å²) < 4.78 is 0. The molecule has 0 N–H and O–H groups in total. The minimum atomic E-state index is -0.0292. The standard InChI is InChI=1S/C76H57BN2/c1-4-16-52(17-5-1)54-28-33-60(34-29-54)78-71-37-32-56(55-30-35-67-65-26-13-12-24-63(65)61-22-10-11-23-62(61)64-25-14-15-27-66(64)68(67)41-55)42-70(71)77-69-36-31-57(53-18-6-2-7-19-53)43-72(69)79(59-20-8-3-9-21-59)74-45-58(44-73(78)75(74)77)76-46-49-38-50(47-76)40-51(39-49)48-76/h1-37,41-45,49-51H,38-40,46-48H2. The number of hydrogen-bond donors (Lipinski definition) is 0. The summed E-state index contributed by atoms with van der Waals surface area (Å²) in [5.74, 6) is 2.47. The second kappa shape index (κ2) is 17.5. The number of fused-ring (bicyclic) bond motifs is 12. The van der Waals surface area contributed by atoms with E-state index in [2.05, 4.69) is 265 Å². The number of para-hydroxylation sites is 1. The Labute approximate surface area is 464 Å². The first-order valence-corrected chi connectivity index (χ1v) is 28.8. The summed E-state index contributed by atoms with van der Waals surface area (Å²) in [5, 5.41) is 0. The van der Waals surface area contributed by atoms with Gasteiger partial charge in [0.15, 0.2) is 0 Å².